The first kappa shape index (κ1) is 14.2. The number of halogens is 2. The lowest BCUT2D eigenvalue weighted by Crippen LogP contribution is -1.95. The zero-order chi connectivity index (χ0) is 14.7. The molecule has 0 saturated carbocycles. The van der Waals surface area contributed by atoms with Gasteiger partial charge in [-0.2, -0.15) is 0 Å². The number of aliphatic hydroxyl groups is 1. The Labute approximate surface area is 118 Å². The van der Waals surface area contributed by atoms with Crippen LogP contribution in [0.25, 0.3) is 0 Å². The highest BCUT2D eigenvalue weighted by Gasteiger charge is 2.17. The molecule has 104 valence electrons. The molecule has 0 fully saturated rings. The van der Waals surface area contributed by atoms with Crippen molar-refractivity contribution in [2.75, 3.05) is 0 Å². The third kappa shape index (κ3) is 3.04. The SMILES string of the molecule is O=[N+]([O-])c1cc(CO)ccc1Oc1ccc(Cl)c(F)c1. The number of hydrogen-bond acceptors (Lipinski definition) is 4. The predicted octanol–water partition coefficient (Wildman–Crippen LogP) is 3.67. The van der Waals surface area contributed by atoms with Crippen LogP contribution in [0, 0.1) is 15.9 Å². The molecule has 0 aliphatic rings. The van der Waals surface area contributed by atoms with Crippen LogP contribution in [0.5, 0.6) is 11.5 Å². The van der Waals surface area contributed by atoms with Crippen LogP contribution in [0.3, 0.4) is 0 Å². The summed E-state index contributed by atoms with van der Waals surface area (Å²) < 4.78 is 18.6. The van der Waals surface area contributed by atoms with Crippen LogP contribution in [0.1, 0.15) is 5.56 Å². The summed E-state index contributed by atoms with van der Waals surface area (Å²) >= 11 is 5.54. The van der Waals surface area contributed by atoms with Crippen LogP contribution in [-0.4, -0.2) is 10.0 Å². The van der Waals surface area contributed by atoms with Crippen LogP contribution in [0.15, 0.2) is 36.4 Å². The van der Waals surface area contributed by atoms with Crippen LogP contribution in [0.2, 0.25) is 5.02 Å². The summed E-state index contributed by atoms with van der Waals surface area (Å²) in [6.45, 7) is -0.323. The fraction of sp³-hybridized carbons (Fsp3) is 0.0769. The van der Waals surface area contributed by atoms with Gasteiger partial charge in [-0.25, -0.2) is 4.39 Å². The van der Waals surface area contributed by atoms with E-state index in [-0.39, 0.29) is 28.8 Å². The van der Waals surface area contributed by atoms with E-state index >= 15 is 0 Å². The van der Waals surface area contributed by atoms with Gasteiger partial charge in [-0.3, -0.25) is 10.1 Å². The maximum atomic E-state index is 13.3. The van der Waals surface area contributed by atoms with Crippen LogP contribution in [-0.2, 0) is 6.61 Å². The molecule has 0 aliphatic carbocycles. The van der Waals surface area contributed by atoms with E-state index in [1.807, 2.05) is 0 Å². The molecule has 2 rings (SSSR count). The zero-order valence-corrected chi connectivity index (χ0v) is 10.8. The smallest absolute Gasteiger partial charge is 0.311 e. The topological polar surface area (TPSA) is 72.6 Å². The molecule has 0 unspecified atom stereocenters. The van der Waals surface area contributed by atoms with E-state index in [1.165, 1.54) is 30.3 Å². The fourth-order valence-corrected chi connectivity index (χ4v) is 1.68. The molecule has 2 aromatic rings. The largest absolute Gasteiger partial charge is 0.450 e. The second kappa shape index (κ2) is 5.85. The van der Waals surface area contributed by atoms with E-state index in [0.29, 0.717) is 5.56 Å². The van der Waals surface area contributed by atoms with E-state index < -0.39 is 10.7 Å². The average Bonchev–Trinajstić information content (AvgIpc) is 2.43. The van der Waals surface area contributed by atoms with Crippen molar-refractivity contribution >= 4 is 17.3 Å². The standard InChI is InChI=1S/C13H9ClFNO4/c14-10-3-2-9(6-11(10)15)20-13-4-1-8(7-17)5-12(13)16(18)19/h1-6,17H,7H2. The number of aliphatic hydroxyl groups excluding tert-OH is 1. The first-order valence-electron chi connectivity index (χ1n) is 5.52. The van der Waals surface area contributed by atoms with Gasteiger partial charge in [0.2, 0.25) is 5.75 Å². The van der Waals surface area contributed by atoms with Crippen molar-refractivity contribution in [3.63, 3.8) is 0 Å². The molecule has 1 N–H and O–H groups in total. The highest BCUT2D eigenvalue weighted by molar-refractivity contribution is 6.30. The molecule has 0 saturated heterocycles. The van der Waals surface area contributed by atoms with Gasteiger partial charge in [0, 0.05) is 12.1 Å². The number of nitrogens with zero attached hydrogens (tertiary/aromatic N) is 1. The predicted molar refractivity (Wildman–Crippen MR) is 70.5 cm³/mol. The Morgan fingerprint density at radius 2 is 2.05 bits per heavy atom. The van der Waals surface area contributed by atoms with Crippen LogP contribution >= 0.6 is 11.6 Å². The third-order valence-electron chi connectivity index (χ3n) is 2.52. The highest BCUT2D eigenvalue weighted by Crippen LogP contribution is 2.33. The molecule has 0 aliphatic heterocycles. The van der Waals surface area contributed by atoms with Gasteiger partial charge in [0.15, 0.2) is 0 Å². The Morgan fingerprint density at radius 3 is 2.65 bits per heavy atom. The first-order chi connectivity index (χ1) is 9.51. The van der Waals surface area contributed by atoms with Gasteiger partial charge < -0.3 is 9.84 Å². The maximum Gasteiger partial charge on any atom is 0.311 e. The van der Waals surface area contributed by atoms with Crippen molar-refractivity contribution in [3.8, 4) is 11.5 Å². The summed E-state index contributed by atoms with van der Waals surface area (Å²) in [5.41, 5.74) is 0.0678. The number of rotatable bonds is 4. The van der Waals surface area contributed by atoms with Crippen molar-refractivity contribution in [2.45, 2.75) is 6.61 Å². The van der Waals surface area contributed by atoms with Gasteiger partial charge in [-0.1, -0.05) is 17.7 Å². The molecule has 5 nitrogen and oxygen atoms in total. The Kier molecular flexibility index (Phi) is 4.16. The van der Waals surface area contributed by atoms with Gasteiger partial charge in [-0.05, 0) is 23.8 Å². The van der Waals surface area contributed by atoms with Gasteiger partial charge in [0.25, 0.3) is 0 Å². The lowest BCUT2D eigenvalue weighted by atomic mass is 10.2. The second-order valence-electron chi connectivity index (χ2n) is 3.90. The first-order valence-corrected chi connectivity index (χ1v) is 5.90. The van der Waals surface area contributed by atoms with Gasteiger partial charge in [0.05, 0.1) is 16.6 Å². The zero-order valence-electron chi connectivity index (χ0n) is 10.0. The number of benzene rings is 2. The Hall–Kier alpha value is -2.18. The van der Waals surface area contributed by atoms with Crippen molar-refractivity contribution in [3.05, 3.63) is 62.9 Å². The van der Waals surface area contributed by atoms with Crippen LogP contribution < -0.4 is 4.74 Å². The quantitative estimate of drug-likeness (QED) is 0.690. The number of hydrogen-bond donors (Lipinski definition) is 1. The highest BCUT2D eigenvalue weighted by atomic mass is 35.5. The molecule has 0 aromatic heterocycles. The van der Waals surface area contributed by atoms with Crippen molar-refractivity contribution in [2.24, 2.45) is 0 Å². The number of ether oxygens (including phenoxy) is 1. The molecular formula is C13H9ClFNO4. The molecule has 0 atom stereocenters. The maximum absolute atomic E-state index is 13.3. The lowest BCUT2D eigenvalue weighted by molar-refractivity contribution is -0.385. The van der Waals surface area contributed by atoms with E-state index in [1.54, 1.807) is 0 Å². The molecule has 0 spiro atoms. The minimum absolute atomic E-state index is 0.0473. The van der Waals surface area contributed by atoms with Crippen molar-refractivity contribution in [1.29, 1.82) is 0 Å². The summed E-state index contributed by atoms with van der Waals surface area (Å²) in [4.78, 5) is 10.3. The average molecular weight is 298 g/mol. The third-order valence-corrected chi connectivity index (χ3v) is 2.83. The molecule has 0 bridgehead atoms. The summed E-state index contributed by atoms with van der Waals surface area (Å²) in [5, 5.41) is 19.8. The van der Waals surface area contributed by atoms with E-state index in [4.69, 9.17) is 21.4 Å². The normalized spacial score (nSPS) is 10.3. The lowest BCUT2D eigenvalue weighted by Gasteiger charge is -2.07. The molecule has 20 heavy (non-hydrogen) atoms. The summed E-state index contributed by atoms with van der Waals surface area (Å²) in [7, 11) is 0. The molecule has 0 amide bonds. The van der Waals surface area contributed by atoms with Gasteiger partial charge >= 0.3 is 5.69 Å². The van der Waals surface area contributed by atoms with Gasteiger partial charge in [-0.15, -0.1) is 0 Å². The van der Waals surface area contributed by atoms with Gasteiger partial charge in [0.1, 0.15) is 11.6 Å². The summed E-state index contributed by atoms with van der Waals surface area (Å²) in [5.74, 6) is -0.639. The van der Waals surface area contributed by atoms with E-state index in [0.717, 1.165) is 6.07 Å². The molecule has 0 heterocycles. The molecular weight excluding hydrogens is 289 g/mol. The van der Waals surface area contributed by atoms with E-state index in [2.05, 4.69) is 0 Å². The number of nitro groups is 1. The monoisotopic (exact) mass is 297 g/mol. The molecule has 2 aromatic carbocycles. The van der Waals surface area contributed by atoms with Crippen LogP contribution in [0.4, 0.5) is 10.1 Å². The Bertz CT molecular complexity index is 663. The van der Waals surface area contributed by atoms with E-state index in [9.17, 15) is 14.5 Å². The Morgan fingerprint density at radius 1 is 1.30 bits per heavy atom. The van der Waals surface area contributed by atoms with Crippen molar-refractivity contribution < 1.29 is 19.2 Å². The summed E-state index contributed by atoms with van der Waals surface area (Å²) in [6, 6.07) is 7.74. The summed E-state index contributed by atoms with van der Waals surface area (Å²) in [6.07, 6.45) is 0. The minimum Gasteiger partial charge on any atom is -0.450 e. The van der Waals surface area contributed by atoms with Crippen molar-refractivity contribution in [1.82, 2.24) is 0 Å². The number of nitro benzene ring substituents is 1. The molecule has 0 radical (unpaired) electrons. The fourth-order valence-electron chi connectivity index (χ4n) is 1.56. The minimum atomic E-state index is -0.682. The Balaban J connectivity index is 2.37. The molecule has 7 heteroatoms. The second-order valence-corrected chi connectivity index (χ2v) is 4.30.